The standard InChI is InChI=1S/C28H33N3O4/c1-4-5-6-9-15-30-17-24(32)31-22(28(30)33)16-20-18-11-7-8-13-21(18)29-25(20)26(31)19-12-10-14-23(34-2)27(19)35-3/h7-8,10-14,22,26,29H,4-6,9,15-17H2,1-3H3/t22-,26-/m0/s1. The zero-order chi connectivity index (χ0) is 24.5. The first-order chi connectivity index (χ1) is 17.1. The molecule has 1 aromatic heterocycles. The van der Waals surface area contributed by atoms with E-state index in [0.717, 1.165) is 53.4 Å². The zero-order valence-electron chi connectivity index (χ0n) is 20.7. The largest absolute Gasteiger partial charge is 0.493 e. The van der Waals surface area contributed by atoms with Gasteiger partial charge in [-0.15, -0.1) is 0 Å². The molecule has 0 unspecified atom stereocenters. The number of aromatic amines is 1. The van der Waals surface area contributed by atoms with Crippen molar-refractivity contribution >= 4 is 22.7 Å². The average molecular weight is 476 g/mol. The summed E-state index contributed by atoms with van der Waals surface area (Å²) in [6.07, 6.45) is 4.76. The van der Waals surface area contributed by atoms with E-state index < -0.39 is 12.1 Å². The highest BCUT2D eigenvalue weighted by Crippen LogP contribution is 2.46. The number of aromatic nitrogens is 1. The highest BCUT2D eigenvalue weighted by molar-refractivity contribution is 5.97. The van der Waals surface area contributed by atoms with E-state index in [2.05, 4.69) is 18.0 Å². The van der Waals surface area contributed by atoms with Crippen LogP contribution in [0, 0.1) is 0 Å². The van der Waals surface area contributed by atoms with Gasteiger partial charge in [-0.05, 0) is 24.1 Å². The summed E-state index contributed by atoms with van der Waals surface area (Å²) in [5.41, 5.74) is 3.83. The fourth-order valence-corrected chi connectivity index (χ4v) is 5.69. The van der Waals surface area contributed by atoms with Gasteiger partial charge >= 0.3 is 0 Å². The lowest BCUT2D eigenvalue weighted by atomic mass is 9.85. The van der Waals surface area contributed by atoms with Crippen LogP contribution in [-0.4, -0.2) is 59.9 Å². The summed E-state index contributed by atoms with van der Waals surface area (Å²) in [6, 6.07) is 12.8. The maximum absolute atomic E-state index is 13.8. The maximum atomic E-state index is 13.8. The fraction of sp³-hybridized carbons (Fsp3) is 0.429. The molecule has 5 rings (SSSR count). The first-order valence-corrected chi connectivity index (χ1v) is 12.5. The van der Waals surface area contributed by atoms with Crippen LogP contribution in [0.1, 0.15) is 55.5 Å². The number of H-pyrrole nitrogens is 1. The van der Waals surface area contributed by atoms with E-state index in [-0.39, 0.29) is 18.4 Å². The second kappa shape index (κ2) is 9.64. The van der Waals surface area contributed by atoms with Gasteiger partial charge < -0.3 is 24.3 Å². The smallest absolute Gasteiger partial charge is 0.246 e. The minimum absolute atomic E-state index is 0.0314. The minimum Gasteiger partial charge on any atom is -0.493 e. The number of ether oxygens (including phenoxy) is 2. The minimum atomic E-state index is -0.546. The Morgan fingerprint density at radius 3 is 2.60 bits per heavy atom. The van der Waals surface area contributed by atoms with Gasteiger partial charge in [0.1, 0.15) is 12.1 Å². The summed E-state index contributed by atoms with van der Waals surface area (Å²) in [5, 5.41) is 1.09. The van der Waals surface area contributed by atoms with E-state index in [1.165, 1.54) is 0 Å². The van der Waals surface area contributed by atoms with Gasteiger partial charge in [0.15, 0.2) is 11.5 Å². The highest BCUT2D eigenvalue weighted by atomic mass is 16.5. The Labute approximate surface area is 206 Å². The average Bonchev–Trinajstić information content (AvgIpc) is 3.26. The van der Waals surface area contributed by atoms with E-state index in [1.54, 1.807) is 24.0 Å². The van der Waals surface area contributed by atoms with Gasteiger partial charge in [0.2, 0.25) is 11.8 Å². The second-order valence-electron chi connectivity index (χ2n) is 9.39. The van der Waals surface area contributed by atoms with Crippen molar-refractivity contribution < 1.29 is 19.1 Å². The molecule has 2 atom stereocenters. The zero-order valence-corrected chi connectivity index (χ0v) is 20.7. The molecule has 184 valence electrons. The number of carbonyl (C=O) groups is 2. The third kappa shape index (κ3) is 3.93. The number of amides is 2. The number of fused-ring (bicyclic) bond motifs is 4. The summed E-state index contributed by atoms with van der Waals surface area (Å²) < 4.78 is 11.3. The summed E-state index contributed by atoms with van der Waals surface area (Å²) in [7, 11) is 3.21. The molecule has 1 fully saturated rings. The Morgan fingerprint density at radius 1 is 1.00 bits per heavy atom. The molecule has 0 saturated carbocycles. The van der Waals surface area contributed by atoms with Gasteiger partial charge in [-0.3, -0.25) is 9.59 Å². The second-order valence-corrected chi connectivity index (χ2v) is 9.39. The molecule has 7 nitrogen and oxygen atoms in total. The molecule has 2 aliphatic rings. The molecule has 1 saturated heterocycles. The van der Waals surface area contributed by atoms with Crippen LogP contribution in [0.25, 0.3) is 10.9 Å². The number of hydrogen-bond acceptors (Lipinski definition) is 4. The Morgan fingerprint density at radius 2 is 1.83 bits per heavy atom. The summed E-state index contributed by atoms with van der Waals surface area (Å²) in [6.45, 7) is 2.91. The van der Waals surface area contributed by atoms with Crippen molar-refractivity contribution in [2.24, 2.45) is 0 Å². The Balaban J connectivity index is 1.62. The van der Waals surface area contributed by atoms with E-state index in [1.807, 2.05) is 36.4 Å². The highest BCUT2D eigenvalue weighted by Gasteiger charge is 2.48. The molecule has 1 N–H and O–H groups in total. The Kier molecular flexibility index (Phi) is 6.41. The predicted molar refractivity (Wildman–Crippen MR) is 135 cm³/mol. The van der Waals surface area contributed by atoms with Crippen LogP contribution in [-0.2, 0) is 16.0 Å². The molecular weight excluding hydrogens is 442 g/mol. The first kappa shape index (κ1) is 23.3. The van der Waals surface area contributed by atoms with Crippen LogP contribution in [0.2, 0.25) is 0 Å². The van der Waals surface area contributed by atoms with Gasteiger partial charge in [0.05, 0.1) is 20.8 Å². The van der Waals surface area contributed by atoms with Crippen LogP contribution in [0.3, 0.4) is 0 Å². The lowest BCUT2D eigenvalue weighted by molar-refractivity contribution is -0.158. The number of para-hydroxylation sites is 2. The van der Waals surface area contributed by atoms with Gasteiger partial charge in [-0.2, -0.15) is 0 Å². The molecule has 2 aliphatic heterocycles. The Bertz CT molecular complexity index is 1250. The molecule has 2 amide bonds. The normalized spacial score (nSPS) is 19.6. The van der Waals surface area contributed by atoms with Crippen LogP contribution in [0.15, 0.2) is 42.5 Å². The summed E-state index contributed by atoms with van der Waals surface area (Å²) >= 11 is 0. The number of nitrogens with zero attached hydrogens (tertiary/aromatic N) is 2. The van der Waals surface area contributed by atoms with Crippen LogP contribution in [0.4, 0.5) is 0 Å². The molecule has 0 radical (unpaired) electrons. The van der Waals surface area contributed by atoms with Crippen LogP contribution < -0.4 is 9.47 Å². The van der Waals surface area contributed by atoms with Gasteiger partial charge in [-0.25, -0.2) is 0 Å². The van der Waals surface area contributed by atoms with Crippen molar-refractivity contribution in [1.82, 2.24) is 14.8 Å². The van der Waals surface area contributed by atoms with Crippen molar-refractivity contribution in [1.29, 1.82) is 0 Å². The summed E-state index contributed by atoms with van der Waals surface area (Å²) in [4.78, 5) is 34.5. The molecule has 3 aromatic rings. The lowest BCUT2D eigenvalue weighted by Gasteiger charge is -2.47. The van der Waals surface area contributed by atoms with E-state index in [9.17, 15) is 9.59 Å². The van der Waals surface area contributed by atoms with E-state index in [4.69, 9.17) is 9.47 Å². The van der Waals surface area contributed by atoms with Gasteiger partial charge in [0.25, 0.3) is 0 Å². The number of piperazine rings is 1. The number of benzene rings is 2. The van der Waals surface area contributed by atoms with Crippen molar-refractivity contribution in [2.45, 2.75) is 51.1 Å². The van der Waals surface area contributed by atoms with Gasteiger partial charge in [-0.1, -0.05) is 56.5 Å². The molecule has 7 heteroatoms. The quantitative estimate of drug-likeness (QED) is 0.489. The number of rotatable bonds is 8. The lowest BCUT2D eigenvalue weighted by Crippen LogP contribution is -2.63. The predicted octanol–water partition coefficient (Wildman–Crippen LogP) is 4.45. The third-order valence-electron chi connectivity index (χ3n) is 7.35. The molecule has 35 heavy (non-hydrogen) atoms. The number of unbranched alkanes of at least 4 members (excludes halogenated alkanes) is 3. The van der Waals surface area contributed by atoms with Crippen LogP contribution >= 0.6 is 0 Å². The molecule has 2 aromatic carbocycles. The van der Waals surface area contributed by atoms with Crippen molar-refractivity contribution in [3.63, 3.8) is 0 Å². The number of hydrogen-bond donors (Lipinski definition) is 1. The number of nitrogens with one attached hydrogen (secondary N) is 1. The van der Waals surface area contributed by atoms with E-state index >= 15 is 0 Å². The van der Waals surface area contributed by atoms with Gasteiger partial charge in [0, 0.05) is 35.1 Å². The fourth-order valence-electron chi connectivity index (χ4n) is 5.69. The summed E-state index contributed by atoms with van der Waals surface area (Å²) in [5.74, 6) is 1.17. The first-order valence-electron chi connectivity index (χ1n) is 12.5. The third-order valence-corrected chi connectivity index (χ3v) is 7.35. The molecular formula is C28H33N3O4. The van der Waals surface area contributed by atoms with Crippen LogP contribution in [0.5, 0.6) is 11.5 Å². The van der Waals surface area contributed by atoms with E-state index in [0.29, 0.717) is 24.5 Å². The maximum Gasteiger partial charge on any atom is 0.246 e. The van der Waals surface area contributed by atoms with Crippen molar-refractivity contribution in [3.05, 3.63) is 59.3 Å². The topological polar surface area (TPSA) is 74.9 Å². The molecule has 0 spiro atoms. The molecule has 0 bridgehead atoms. The SMILES string of the molecule is CCCCCCN1CC(=O)N2[C@@H](c3cccc(OC)c3OC)c3[nH]c4ccccc4c3C[C@H]2C1=O. The number of carbonyl (C=O) groups excluding carboxylic acids is 2. The molecule has 0 aliphatic carbocycles. The Hall–Kier alpha value is -3.48. The number of methoxy groups -OCH3 is 2. The monoisotopic (exact) mass is 475 g/mol. The van der Waals surface area contributed by atoms with Crippen molar-refractivity contribution in [3.8, 4) is 11.5 Å². The van der Waals surface area contributed by atoms with Crippen molar-refractivity contribution in [2.75, 3.05) is 27.3 Å². The molecule has 3 heterocycles.